The molecule has 0 fully saturated rings. The van der Waals surface area contributed by atoms with Crippen molar-refractivity contribution in [1.82, 2.24) is 0 Å². The molecule has 1 rings (SSSR count). The number of methoxy groups -OCH3 is 1. The average Bonchev–Trinajstić information content (AvgIpc) is 2.28. The van der Waals surface area contributed by atoms with Crippen molar-refractivity contribution in [2.45, 2.75) is 18.6 Å². The predicted octanol–water partition coefficient (Wildman–Crippen LogP) is 0.512. The summed E-state index contributed by atoms with van der Waals surface area (Å²) in [6, 6.07) is 8.80. The topological polar surface area (TPSA) is 72.5 Å². The molecule has 0 saturated carbocycles. The summed E-state index contributed by atoms with van der Waals surface area (Å²) in [6.45, 7) is 0. The van der Waals surface area contributed by atoms with Gasteiger partial charge < -0.3 is 15.6 Å². The van der Waals surface area contributed by atoms with Gasteiger partial charge in [-0.3, -0.25) is 0 Å². The second-order valence-corrected chi connectivity index (χ2v) is 3.32. The summed E-state index contributed by atoms with van der Waals surface area (Å²) in [4.78, 5) is 11.0. The van der Waals surface area contributed by atoms with E-state index in [2.05, 4.69) is 4.74 Å². The summed E-state index contributed by atoms with van der Waals surface area (Å²) in [5.74, 6) is -0.696. The molecule has 1 aromatic rings. The van der Waals surface area contributed by atoms with Gasteiger partial charge in [-0.2, -0.15) is 0 Å². The molecule has 16 heavy (non-hydrogen) atoms. The Hall–Kier alpha value is -1.10. The van der Waals surface area contributed by atoms with E-state index >= 15 is 0 Å². The molecule has 1 unspecified atom stereocenters. The standard InChI is InChI=1S/C11H15NO3.ClH/c1-15-11(14)10(13)9(12)7-8-5-3-2-4-6-8;/h2-6,9-10,13H,7,12H2,1H3;1H/t9-,10?;/m0./s1. The highest BCUT2D eigenvalue weighted by Crippen LogP contribution is 2.05. The molecular formula is C11H16ClNO3. The van der Waals surface area contributed by atoms with Crippen LogP contribution in [0.25, 0.3) is 0 Å². The van der Waals surface area contributed by atoms with Crippen LogP contribution < -0.4 is 5.73 Å². The molecule has 1 aromatic carbocycles. The van der Waals surface area contributed by atoms with Gasteiger partial charge in [-0.1, -0.05) is 30.3 Å². The van der Waals surface area contributed by atoms with Crippen LogP contribution in [0.15, 0.2) is 30.3 Å². The molecule has 5 heteroatoms. The quantitative estimate of drug-likeness (QED) is 0.759. The molecule has 0 aromatic heterocycles. The second-order valence-electron chi connectivity index (χ2n) is 3.32. The number of carbonyl (C=O) groups is 1. The van der Waals surface area contributed by atoms with E-state index in [1.54, 1.807) is 0 Å². The average molecular weight is 246 g/mol. The molecule has 0 aliphatic carbocycles. The van der Waals surface area contributed by atoms with Gasteiger partial charge in [0.25, 0.3) is 0 Å². The van der Waals surface area contributed by atoms with Gasteiger partial charge in [0.05, 0.1) is 7.11 Å². The van der Waals surface area contributed by atoms with Gasteiger partial charge >= 0.3 is 5.97 Å². The molecule has 0 radical (unpaired) electrons. The molecule has 3 N–H and O–H groups in total. The third-order valence-corrected chi connectivity index (χ3v) is 2.16. The van der Waals surface area contributed by atoms with Crippen molar-refractivity contribution in [3.05, 3.63) is 35.9 Å². The van der Waals surface area contributed by atoms with Gasteiger partial charge in [0, 0.05) is 6.04 Å². The van der Waals surface area contributed by atoms with E-state index < -0.39 is 18.1 Å². The number of hydrogen-bond acceptors (Lipinski definition) is 4. The molecule has 0 aliphatic rings. The van der Waals surface area contributed by atoms with Crippen molar-refractivity contribution in [3.63, 3.8) is 0 Å². The Morgan fingerprint density at radius 3 is 2.50 bits per heavy atom. The maximum atomic E-state index is 11.0. The Bertz CT molecular complexity index is 318. The fourth-order valence-electron chi connectivity index (χ4n) is 1.29. The maximum absolute atomic E-state index is 11.0. The second kappa shape index (κ2) is 7.22. The van der Waals surface area contributed by atoms with Crippen LogP contribution in [0.4, 0.5) is 0 Å². The SMILES string of the molecule is COC(=O)C(O)[C@@H](N)Cc1ccccc1.Cl. The number of nitrogens with two attached hydrogens (primary N) is 1. The fourth-order valence-corrected chi connectivity index (χ4v) is 1.29. The summed E-state index contributed by atoms with van der Waals surface area (Å²) in [5.41, 5.74) is 6.65. The number of carbonyl (C=O) groups excluding carboxylic acids is 1. The summed E-state index contributed by atoms with van der Waals surface area (Å²) in [5, 5.41) is 9.45. The highest BCUT2D eigenvalue weighted by Gasteiger charge is 2.23. The molecule has 2 atom stereocenters. The van der Waals surface area contributed by atoms with Crippen LogP contribution in [-0.2, 0) is 16.0 Å². The Balaban J connectivity index is 0.00000225. The van der Waals surface area contributed by atoms with Crippen LogP contribution in [0.1, 0.15) is 5.56 Å². The van der Waals surface area contributed by atoms with Crippen LogP contribution in [-0.4, -0.2) is 30.3 Å². The lowest BCUT2D eigenvalue weighted by Gasteiger charge is -2.16. The van der Waals surface area contributed by atoms with E-state index in [4.69, 9.17) is 5.73 Å². The van der Waals surface area contributed by atoms with Crippen molar-refractivity contribution in [2.75, 3.05) is 7.11 Å². The molecule has 0 spiro atoms. The molecule has 0 aliphatic heterocycles. The largest absolute Gasteiger partial charge is 0.467 e. The minimum atomic E-state index is -1.27. The molecule has 0 bridgehead atoms. The van der Waals surface area contributed by atoms with E-state index in [0.717, 1.165) is 5.56 Å². The maximum Gasteiger partial charge on any atom is 0.336 e. The van der Waals surface area contributed by atoms with Crippen LogP contribution in [0.5, 0.6) is 0 Å². The first-order chi connectivity index (χ1) is 7.15. The summed E-state index contributed by atoms with van der Waals surface area (Å²) >= 11 is 0. The van der Waals surface area contributed by atoms with Crippen LogP contribution in [0.3, 0.4) is 0 Å². The lowest BCUT2D eigenvalue weighted by atomic mass is 10.0. The normalized spacial score (nSPS) is 13.4. The van der Waals surface area contributed by atoms with Crippen LogP contribution in [0.2, 0.25) is 0 Å². The third kappa shape index (κ3) is 4.18. The smallest absolute Gasteiger partial charge is 0.336 e. The van der Waals surface area contributed by atoms with E-state index in [-0.39, 0.29) is 12.4 Å². The lowest BCUT2D eigenvalue weighted by Crippen LogP contribution is -2.42. The van der Waals surface area contributed by atoms with Crippen LogP contribution in [0, 0.1) is 0 Å². The number of esters is 1. The van der Waals surface area contributed by atoms with E-state index in [1.807, 2.05) is 30.3 Å². The highest BCUT2D eigenvalue weighted by molar-refractivity contribution is 5.85. The summed E-state index contributed by atoms with van der Waals surface area (Å²) in [6.07, 6.45) is -0.827. The van der Waals surface area contributed by atoms with Crippen molar-refractivity contribution in [3.8, 4) is 0 Å². The number of benzene rings is 1. The lowest BCUT2D eigenvalue weighted by molar-refractivity contribution is -0.151. The summed E-state index contributed by atoms with van der Waals surface area (Å²) < 4.78 is 4.40. The van der Waals surface area contributed by atoms with Gasteiger partial charge in [-0.15, -0.1) is 12.4 Å². The number of aliphatic hydroxyl groups is 1. The molecule has 0 saturated heterocycles. The Morgan fingerprint density at radius 1 is 1.44 bits per heavy atom. The number of hydrogen-bond donors (Lipinski definition) is 2. The number of aliphatic hydroxyl groups excluding tert-OH is 1. The minimum absolute atomic E-state index is 0. The first kappa shape index (κ1) is 14.9. The Kier molecular flexibility index (Phi) is 6.72. The van der Waals surface area contributed by atoms with Gasteiger partial charge in [0.2, 0.25) is 0 Å². The molecule has 0 amide bonds. The zero-order valence-corrected chi connectivity index (χ0v) is 9.81. The van der Waals surface area contributed by atoms with Gasteiger partial charge in [-0.05, 0) is 12.0 Å². The van der Waals surface area contributed by atoms with Gasteiger partial charge in [-0.25, -0.2) is 4.79 Å². The van der Waals surface area contributed by atoms with E-state index in [0.29, 0.717) is 6.42 Å². The Labute approximate surface area is 101 Å². The monoisotopic (exact) mass is 245 g/mol. The number of rotatable bonds is 4. The van der Waals surface area contributed by atoms with Gasteiger partial charge in [0.15, 0.2) is 6.10 Å². The fraction of sp³-hybridized carbons (Fsp3) is 0.364. The first-order valence-electron chi connectivity index (χ1n) is 4.70. The van der Waals surface area contributed by atoms with Crippen molar-refractivity contribution >= 4 is 18.4 Å². The highest BCUT2D eigenvalue weighted by atomic mass is 35.5. The minimum Gasteiger partial charge on any atom is -0.467 e. The predicted molar refractivity (Wildman–Crippen MR) is 63.4 cm³/mol. The zero-order valence-electron chi connectivity index (χ0n) is 9.00. The zero-order chi connectivity index (χ0) is 11.3. The Morgan fingerprint density at radius 2 is 2.00 bits per heavy atom. The van der Waals surface area contributed by atoms with E-state index in [9.17, 15) is 9.90 Å². The van der Waals surface area contributed by atoms with E-state index in [1.165, 1.54) is 7.11 Å². The third-order valence-electron chi connectivity index (χ3n) is 2.16. The number of ether oxygens (including phenoxy) is 1. The van der Waals surface area contributed by atoms with Gasteiger partial charge in [0.1, 0.15) is 0 Å². The van der Waals surface area contributed by atoms with Crippen LogP contribution >= 0.6 is 12.4 Å². The molecule has 0 heterocycles. The molecule has 90 valence electrons. The molecule has 4 nitrogen and oxygen atoms in total. The van der Waals surface area contributed by atoms with Crippen molar-refractivity contribution in [1.29, 1.82) is 0 Å². The molecular weight excluding hydrogens is 230 g/mol. The van der Waals surface area contributed by atoms with Crippen molar-refractivity contribution in [2.24, 2.45) is 5.73 Å². The number of halogens is 1. The summed E-state index contributed by atoms with van der Waals surface area (Å²) in [7, 11) is 1.22. The first-order valence-corrected chi connectivity index (χ1v) is 4.70. The van der Waals surface area contributed by atoms with Crippen molar-refractivity contribution < 1.29 is 14.6 Å².